The van der Waals surface area contributed by atoms with Crippen LogP contribution in [0.4, 0.5) is 0 Å². The van der Waals surface area contributed by atoms with Crippen LogP contribution in [0.2, 0.25) is 0 Å². The summed E-state index contributed by atoms with van der Waals surface area (Å²) in [4.78, 5) is 15.0. The molecule has 0 aliphatic carbocycles. The van der Waals surface area contributed by atoms with Gasteiger partial charge in [0.25, 0.3) is 5.78 Å². The molecule has 260 valence electrons. The number of benzene rings is 3. The number of aryl methyl sites for hydroxylation is 1. The van der Waals surface area contributed by atoms with Crippen molar-refractivity contribution in [3.8, 4) is 63.0 Å². The third-order valence-corrected chi connectivity index (χ3v) is 8.25. The van der Waals surface area contributed by atoms with E-state index in [0.717, 1.165) is 5.56 Å². The summed E-state index contributed by atoms with van der Waals surface area (Å²) in [5.74, 6) is 4.50. The summed E-state index contributed by atoms with van der Waals surface area (Å²) in [6.45, 7) is 1.87. The zero-order chi connectivity index (χ0) is 35.7. The number of hydrogen-bond acceptors (Lipinski definition) is 13. The van der Waals surface area contributed by atoms with Crippen molar-refractivity contribution in [2.24, 2.45) is 0 Å². The average molecular weight is 684 g/mol. The van der Waals surface area contributed by atoms with Gasteiger partial charge in [-0.1, -0.05) is 6.08 Å². The Morgan fingerprint density at radius 1 is 0.540 bits per heavy atom. The zero-order valence-electron chi connectivity index (χ0n) is 29.5. The summed E-state index contributed by atoms with van der Waals surface area (Å²) in [6.07, 6.45) is 3.74. The van der Waals surface area contributed by atoms with Crippen molar-refractivity contribution in [3.63, 3.8) is 0 Å². The topological polar surface area (TPSA) is 139 Å². The second kappa shape index (κ2) is 13.7. The lowest BCUT2D eigenvalue weighted by Crippen LogP contribution is -2.03. The minimum absolute atomic E-state index is 0.333. The minimum Gasteiger partial charge on any atom is -0.493 e. The van der Waals surface area contributed by atoms with E-state index < -0.39 is 0 Å². The Morgan fingerprint density at radius 2 is 1.06 bits per heavy atom. The van der Waals surface area contributed by atoms with Gasteiger partial charge in [0.15, 0.2) is 40.1 Å². The van der Waals surface area contributed by atoms with Crippen LogP contribution in [-0.4, -0.2) is 88.6 Å². The fraction of sp³-hybridized carbons (Fsp3) is 0.278. The van der Waals surface area contributed by atoms with Crippen molar-refractivity contribution in [1.29, 1.82) is 0 Å². The van der Waals surface area contributed by atoms with Gasteiger partial charge in [-0.3, -0.25) is 0 Å². The molecule has 0 aliphatic heterocycles. The van der Waals surface area contributed by atoms with E-state index in [4.69, 9.17) is 62.7 Å². The Kier molecular flexibility index (Phi) is 9.27. The SMILES string of the molecule is COc1cc(/C=C/c2nc3nc4c5cc(OC)c(OC)c(OC)c5c(-c5cc(OC)c(OC)c(OC)c5)nc4n3nc2C)cc(OC)c1OC. The Balaban J connectivity index is 1.63. The molecule has 0 saturated carbocycles. The van der Waals surface area contributed by atoms with E-state index >= 15 is 0 Å². The number of nitrogens with zero attached hydrogens (tertiary/aromatic N) is 5. The second-order valence-corrected chi connectivity index (χ2v) is 10.8. The first kappa shape index (κ1) is 33.7. The van der Waals surface area contributed by atoms with Gasteiger partial charge in [0.2, 0.25) is 17.2 Å². The summed E-state index contributed by atoms with van der Waals surface area (Å²) < 4.78 is 52.5. The summed E-state index contributed by atoms with van der Waals surface area (Å²) in [7, 11) is 14.0. The molecule has 0 aliphatic rings. The summed E-state index contributed by atoms with van der Waals surface area (Å²) in [6, 6.07) is 9.17. The number of imidazole rings is 1. The third kappa shape index (κ3) is 5.47. The molecule has 14 heteroatoms. The summed E-state index contributed by atoms with van der Waals surface area (Å²) >= 11 is 0. The van der Waals surface area contributed by atoms with Crippen molar-refractivity contribution < 1.29 is 42.6 Å². The highest BCUT2D eigenvalue weighted by Crippen LogP contribution is 2.50. The maximum absolute atomic E-state index is 5.96. The Labute approximate surface area is 288 Å². The fourth-order valence-electron chi connectivity index (χ4n) is 5.92. The molecule has 6 aromatic rings. The van der Waals surface area contributed by atoms with Crippen molar-refractivity contribution in [2.45, 2.75) is 6.92 Å². The van der Waals surface area contributed by atoms with Crippen LogP contribution in [0.5, 0.6) is 51.7 Å². The lowest BCUT2D eigenvalue weighted by molar-refractivity contribution is 0.324. The van der Waals surface area contributed by atoms with Gasteiger partial charge in [-0.25, -0.2) is 15.0 Å². The van der Waals surface area contributed by atoms with Gasteiger partial charge in [0.1, 0.15) is 5.52 Å². The van der Waals surface area contributed by atoms with Crippen LogP contribution in [0.3, 0.4) is 0 Å². The number of hydrogen-bond donors (Lipinski definition) is 0. The van der Waals surface area contributed by atoms with E-state index in [-0.39, 0.29) is 0 Å². The van der Waals surface area contributed by atoms with Gasteiger partial charge in [-0.15, -0.1) is 0 Å². The molecule has 50 heavy (non-hydrogen) atoms. The predicted molar refractivity (Wildman–Crippen MR) is 188 cm³/mol. The van der Waals surface area contributed by atoms with Gasteiger partial charge < -0.3 is 42.6 Å². The first-order valence-electron chi connectivity index (χ1n) is 15.3. The van der Waals surface area contributed by atoms with Crippen LogP contribution >= 0.6 is 0 Å². The van der Waals surface area contributed by atoms with E-state index in [1.54, 1.807) is 68.5 Å². The first-order chi connectivity index (χ1) is 24.3. The highest BCUT2D eigenvalue weighted by atomic mass is 16.5. The molecule has 0 fully saturated rings. The molecular weight excluding hydrogens is 646 g/mol. The number of ether oxygens (including phenoxy) is 9. The number of pyridine rings is 1. The normalized spacial score (nSPS) is 11.3. The largest absolute Gasteiger partial charge is 0.493 e. The van der Waals surface area contributed by atoms with E-state index in [0.29, 0.717) is 102 Å². The standard InChI is InChI=1S/C36H37N5O9/c1-18-22(12-11-19-13-23(42-2)31(47-7)24(14-19)43-3)37-36-39-30-21-17-27(46-6)33(49-9)34(50-10)28(21)29(38-35(30)41(36)40-18)20-15-25(44-4)32(48-8)26(16-20)45-5/h11-17H,1-10H3/b12-11+. The zero-order valence-corrected chi connectivity index (χ0v) is 29.5. The van der Waals surface area contributed by atoms with Crippen LogP contribution in [-0.2, 0) is 0 Å². The second-order valence-electron chi connectivity index (χ2n) is 10.8. The van der Waals surface area contributed by atoms with E-state index in [2.05, 4.69) is 0 Å². The molecule has 6 rings (SSSR count). The summed E-state index contributed by atoms with van der Waals surface area (Å²) in [5.41, 5.74) is 4.22. The van der Waals surface area contributed by atoms with Gasteiger partial charge >= 0.3 is 0 Å². The number of methoxy groups -OCH3 is 9. The smallest absolute Gasteiger partial charge is 0.253 e. The lowest BCUT2D eigenvalue weighted by Gasteiger charge is -2.18. The molecule has 0 saturated heterocycles. The Morgan fingerprint density at radius 3 is 1.58 bits per heavy atom. The van der Waals surface area contributed by atoms with Crippen molar-refractivity contribution >= 4 is 39.9 Å². The number of fused-ring (bicyclic) bond motifs is 5. The predicted octanol–water partition coefficient (Wildman–Crippen LogP) is 6.05. The van der Waals surface area contributed by atoms with Gasteiger partial charge in [-0.2, -0.15) is 9.61 Å². The lowest BCUT2D eigenvalue weighted by atomic mass is 10.0. The Hall–Kier alpha value is -6.18. The molecule has 0 N–H and O–H groups in total. The molecule has 0 atom stereocenters. The monoisotopic (exact) mass is 683 g/mol. The van der Waals surface area contributed by atoms with Gasteiger partial charge in [0, 0.05) is 10.9 Å². The van der Waals surface area contributed by atoms with E-state index in [1.807, 2.05) is 49.4 Å². The quantitative estimate of drug-likeness (QED) is 0.148. The van der Waals surface area contributed by atoms with Gasteiger partial charge in [-0.05, 0) is 48.9 Å². The maximum Gasteiger partial charge on any atom is 0.253 e. The molecule has 0 spiro atoms. The summed E-state index contributed by atoms with van der Waals surface area (Å²) in [5, 5.41) is 6.17. The molecule has 14 nitrogen and oxygen atoms in total. The minimum atomic E-state index is 0.333. The average Bonchev–Trinajstić information content (AvgIpc) is 3.51. The van der Waals surface area contributed by atoms with Crippen LogP contribution in [0, 0.1) is 6.92 Å². The molecule has 0 amide bonds. The van der Waals surface area contributed by atoms with E-state index in [9.17, 15) is 0 Å². The van der Waals surface area contributed by atoms with Crippen molar-refractivity contribution in [2.75, 3.05) is 64.0 Å². The highest BCUT2D eigenvalue weighted by molar-refractivity contribution is 6.13. The maximum atomic E-state index is 5.96. The molecule has 0 bridgehead atoms. The third-order valence-electron chi connectivity index (χ3n) is 8.25. The van der Waals surface area contributed by atoms with Crippen LogP contribution in [0.1, 0.15) is 17.0 Å². The van der Waals surface area contributed by atoms with Crippen LogP contribution < -0.4 is 42.6 Å². The number of rotatable bonds is 12. The Bertz CT molecular complexity index is 2230. The molecule has 3 heterocycles. The van der Waals surface area contributed by atoms with Gasteiger partial charge in [0.05, 0.1) is 86.5 Å². The van der Waals surface area contributed by atoms with Crippen molar-refractivity contribution in [1.82, 2.24) is 24.6 Å². The molecule has 3 aromatic heterocycles. The highest BCUT2D eigenvalue weighted by Gasteiger charge is 2.27. The van der Waals surface area contributed by atoms with Crippen LogP contribution in [0.25, 0.3) is 51.1 Å². The number of aromatic nitrogens is 5. The molecular formula is C36H37N5O9. The van der Waals surface area contributed by atoms with E-state index in [1.165, 1.54) is 0 Å². The van der Waals surface area contributed by atoms with Crippen LogP contribution in [0.15, 0.2) is 30.3 Å². The molecule has 0 radical (unpaired) electrons. The molecule has 3 aromatic carbocycles. The first-order valence-corrected chi connectivity index (χ1v) is 15.3. The van der Waals surface area contributed by atoms with Crippen molar-refractivity contribution in [3.05, 3.63) is 47.3 Å². The molecule has 0 unspecified atom stereocenters. The fourth-order valence-corrected chi connectivity index (χ4v) is 5.92.